The molecular weight excluding hydrogens is 252 g/mol. The van der Waals surface area contributed by atoms with Gasteiger partial charge in [-0.15, -0.1) is 0 Å². The van der Waals surface area contributed by atoms with Crippen LogP contribution in [0.2, 0.25) is 0 Å². The van der Waals surface area contributed by atoms with E-state index in [4.69, 9.17) is 0 Å². The topological polar surface area (TPSA) is 43.4 Å². The van der Waals surface area contributed by atoms with E-state index in [0.717, 1.165) is 25.7 Å². The Balaban J connectivity index is 2.25. The number of ether oxygens (including phenoxy) is 1. The molecule has 0 N–H and O–H groups in total. The highest BCUT2D eigenvalue weighted by molar-refractivity contribution is 5.94. The van der Waals surface area contributed by atoms with Gasteiger partial charge in [0, 0.05) is 12.3 Å². The number of rotatable bonds is 9. The highest BCUT2D eigenvalue weighted by atomic mass is 16.5. The number of hydrogen-bond donors (Lipinski definition) is 0. The summed E-state index contributed by atoms with van der Waals surface area (Å²) in [5.41, 5.74) is 0. The van der Waals surface area contributed by atoms with Crippen molar-refractivity contribution in [2.24, 2.45) is 11.8 Å². The minimum Gasteiger partial charge on any atom is -0.469 e. The number of hydrogen-bond acceptors (Lipinski definition) is 3. The van der Waals surface area contributed by atoms with Crippen LogP contribution in [0.3, 0.4) is 0 Å². The van der Waals surface area contributed by atoms with Crippen LogP contribution in [0.4, 0.5) is 0 Å². The quantitative estimate of drug-likeness (QED) is 0.365. The van der Waals surface area contributed by atoms with Gasteiger partial charge in [-0.25, -0.2) is 0 Å². The average Bonchev–Trinajstić information content (AvgIpc) is 2.80. The van der Waals surface area contributed by atoms with Crippen molar-refractivity contribution in [1.82, 2.24) is 0 Å². The number of esters is 1. The molecule has 1 aliphatic rings. The van der Waals surface area contributed by atoms with Crippen molar-refractivity contribution in [3.05, 3.63) is 24.3 Å². The summed E-state index contributed by atoms with van der Waals surface area (Å²) >= 11 is 0. The number of carbonyl (C=O) groups is 2. The summed E-state index contributed by atoms with van der Waals surface area (Å²) in [5, 5.41) is 0. The fourth-order valence-electron chi connectivity index (χ4n) is 2.54. The third-order valence-electron chi connectivity index (χ3n) is 3.82. The number of unbranched alkanes of at least 4 members (excludes halogenated alkanes) is 2. The van der Waals surface area contributed by atoms with Crippen molar-refractivity contribution in [3.8, 4) is 0 Å². The molecule has 20 heavy (non-hydrogen) atoms. The first-order valence-electron chi connectivity index (χ1n) is 7.62. The second-order valence-electron chi connectivity index (χ2n) is 5.35. The van der Waals surface area contributed by atoms with Gasteiger partial charge in [-0.1, -0.05) is 38.0 Å². The molecule has 112 valence electrons. The molecule has 0 aliphatic heterocycles. The lowest BCUT2D eigenvalue weighted by Gasteiger charge is -2.15. The van der Waals surface area contributed by atoms with E-state index in [1.807, 2.05) is 0 Å². The Kier molecular flexibility index (Phi) is 7.93. The smallest absolute Gasteiger partial charge is 0.305 e. The zero-order valence-corrected chi connectivity index (χ0v) is 12.6. The van der Waals surface area contributed by atoms with E-state index < -0.39 is 0 Å². The summed E-state index contributed by atoms with van der Waals surface area (Å²) in [6, 6.07) is 0. The zero-order chi connectivity index (χ0) is 14.8. The Morgan fingerprint density at radius 3 is 2.85 bits per heavy atom. The van der Waals surface area contributed by atoms with Gasteiger partial charge in [0.2, 0.25) is 0 Å². The number of ketones is 1. The van der Waals surface area contributed by atoms with Gasteiger partial charge in [0.25, 0.3) is 0 Å². The molecule has 3 heteroatoms. The van der Waals surface area contributed by atoms with Crippen LogP contribution in [-0.2, 0) is 14.3 Å². The van der Waals surface area contributed by atoms with E-state index in [1.54, 1.807) is 6.08 Å². The number of allylic oxidation sites excluding steroid dienone is 4. The van der Waals surface area contributed by atoms with Crippen molar-refractivity contribution >= 4 is 11.8 Å². The number of carbonyl (C=O) groups excluding carboxylic acids is 2. The molecule has 0 spiro atoms. The van der Waals surface area contributed by atoms with E-state index >= 15 is 0 Å². The van der Waals surface area contributed by atoms with Gasteiger partial charge in [-0.3, -0.25) is 9.59 Å². The first kappa shape index (κ1) is 16.7. The summed E-state index contributed by atoms with van der Waals surface area (Å²) in [4.78, 5) is 22.8. The molecular formula is C17H26O3. The predicted molar refractivity (Wildman–Crippen MR) is 80.3 cm³/mol. The first-order chi connectivity index (χ1) is 9.69. The maximum atomic E-state index is 11.8. The van der Waals surface area contributed by atoms with Crippen molar-refractivity contribution in [2.75, 3.05) is 7.11 Å². The van der Waals surface area contributed by atoms with Gasteiger partial charge in [-0.2, -0.15) is 0 Å². The Hall–Kier alpha value is -1.38. The maximum absolute atomic E-state index is 11.8. The van der Waals surface area contributed by atoms with Gasteiger partial charge in [-0.05, 0) is 37.7 Å². The Morgan fingerprint density at radius 2 is 2.15 bits per heavy atom. The molecule has 0 bridgehead atoms. The van der Waals surface area contributed by atoms with E-state index in [0.29, 0.717) is 12.3 Å². The molecule has 2 atom stereocenters. The summed E-state index contributed by atoms with van der Waals surface area (Å²) in [5.74, 6) is 0.666. The van der Waals surface area contributed by atoms with Crippen LogP contribution in [0, 0.1) is 11.8 Å². The van der Waals surface area contributed by atoms with E-state index in [9.17, 15) is 9.59 Å². The molecule has 0 amide bonds. The first-order valence-corrected chi connectivity index (χ1v) is 7.62. The molecule has 3 nitrogen and oxygen atoms in total. The van der Waals surface area contributed by atoms with Crippen molar-refractivity contribution in [2.45, 2.75) is 51.9 Å². The van der Waals surface area contributed by atoms with Gasteiger partial charge in [0.05, 0.1) is 7.11 Å². The normalized spacial score (nSPS) is 21.8. The lowest BCUT2D eigenvalue weighted by molar-refractivity contribution is -0.140. The van der Waals surface area contributed by atoms with E-state index in [2.05, 4.69) is 29.9 Å². The predicted octanol–water partition coefficient (Wildman–Crippen LogP) is 3.84. The molecule has 1 aliphatic carbocycles. The largest absolute Gasteiger partial charge is 0.469 e. The maximum Gasteiger partial charge on any atom is 0.305 e. The van der Waals surface area contributed by atoms with Crippen molar-refractivity contribution in [3.63, 3.8) is 0 Å². The highest BCUT2D eigenvalue weighted by Crippen LogP contribution is 2.30. The third kappa shape index (κ3) is 5.72. The van der Waals surface area contributed by atoms with Crippen LogP contribution in [0.5, 0.6) is 0 Å². The molecule has 0 saturated heterocycles. The second kappa shape index (κ2) is 9.51. The zero-order valence-electron chi connectivity index (χ0n) is 12.6. The second-order valence-corrected chi connectivity index (χ2v) is 5.35. The van der Waals surface area contributed by atoms with Crippen LogP contribution >= 0.6 is 0 Å². The summed E-state index contributed by atoms with van der Waals surface area (Å²) in [7, 11) is 1.41. The monoisotopic (exact) mass is 278 g/mol. The fourth-order valence-corrected chi connectivity index (χ4v) is 2.54. The van der Waals surface area contributed by atoms with Crippen LogP contribution in [0.15, 0.2) is 24.3 Å². The molecule has 0 saturated carbocycles. The SMILES string of the molecule is CCCCC1C=CC(=O)C1CC=CCCCC(=O)OC. The third-order valence-corrected chi connectivity index (χ3v) is 3.82. The van der Waals surface area contributed by atoms with E-state index in [-0.39, 0.29) is 17.7 Å². The molecule has 0 aromatic heterocycles. The fraction of sp³-hybridized carbons (Fsp3) is 0.647. The molecule has 0 fully saturated rings. The highest BCUT2D eigenvalue weighted by Gasteiger charge is 2.28. The van der Waals surface area contributed by atoms with E-state index in [1.165, 1.54) is 20.0 Å². The van der Waals surface area contributed by atoms with Gasteiger partial charge in [0.15, 0.2) is 5.78 Å². The Bertz CT molecular complexity index is 368. The minimum absolute atomic E-state index is 0.137. The van der Waals surface area contributed by atoms with Crippen LogP contribution < -0.4 is 0 Å². The molecule has 0 heterocycles. The van der Waals surface area contributed by atoms with Crippen molar-refractivity contribution < 1.29 is 14.3 Å². The summed E-state index contributed by atoms with van der Waals surface area (Å²) in [6.45, 7) is 2.18. The lowest BCUT2D eigenvalue weighted by Crippen LogP contribution is -2.15. The van der Waals surface area contributed by atoms with Crippen LogP contribution in [0.25, 0.3) is 0 Å². The Labute approximate surface area is 122 Å². The molecule has 0 radical (unpaired) electrons. The Morgan fingerprint density at radius 1 is 1.35 bits per heavy atom. The van der Waals surface area contributed by atoms with Crippen molar-refractivity contribution in [1.29, 1.82) is 0 Å². The molecule has 0 aromatic rings. The minimum atomic E-state index is -0.159. The molecule has 1 rings (SSSR count). The lowest BCUT2D eigenvalue weighted by atomic mass is 9.87. The van der Waals surface area contributed by atoms with Gasteiger partial charge < -0.3 is 4.74 Å². The number of methoxy groups -OCH3 is 1. The van der Waals surface area contributed by atoms with Crippen LogP contribution in [-0.4, -0.2) is 18.9 Å². The summed E-state index contributed by atoms with van der Waals surface area (Å²) < 4.78 is 4.59. The van der Waals surface area contributed by atoms with Gasteiger partial charge >= 0.3 is 5.97 Å². The molecule has 2 unspecified atom stereocenters. The standard InChI is InChI=1S/C17H26O3/c1-3-4-9-14-12-13-16(18)15(14)10-7-5-6-8-11-17(19)20-2/h5,7,12-15H,3-4,6,8-11H2,1-2H3. The van der Waals surface area contributed by atoms with Gasteiger partial charge in [0.1, 0.15) is 0 Å². The van der Waals surface area contributed by atoms with Crippen LogP contribution in [0.1, 0.15) is 51.9 Å². The average molecular weight is 278 g/mol. The summed E-state index contributed by atoms with van der Waals surface area (Å²) in [6.07, 6.45) is 14.4. The molecule has 0 aromatic carbocycles.